The number of amides is 1. The lowest BCUT2D eigenvalue weighted by atomic mass is 10.2. The molecule has 2 atom stereocenters. The molecule has 1 heterocycles. The molecule has 29 heavy (non-hydrogen) atoms. The molecule has 3 aromatic rings. The highest BCUT2D eigenvalue weighted by Gasteiger charge is 2.37. The van der Waals surface area contributed by atoms with E-state index in [9.17, 15) is 9.18 Å². The zero-order valence-corrected chi connectivity index (χ0v) is 15.7. The van der Waals surface area contributed by atoms with Crippen molar-refractivity contribution in [1.29, 1.82) is 0 Å². The smallest absolute Gasteiger partial charge is 0.240 e. The van der Waals surface area contributed by atoms with Crippen LogP contribution in [0.4, 0.5) is 10.1 Å². The molecule has 1 amide bonds. The molecule has 1 aliphatic heterocycles. The normalized spacial score (nSPS) is 18.4. The fourth-order valence-electron chi connectivity index (χ4n) is 3.47. The summed E-state index contributed by atoms with van der Waals surface area (Å²) in [6.45, 7) is 0.556. The average molecular weight is 392 g/mol. The van der Waals surface area contributed by atoms with Crippen molar-refractivity contribution in [3.05, 3.63) is 84.7 Å². The number of halogens is 1. The standard InChI is InChI=1S/C23H21FN2O3/c24-16-6-10-19(11-7-16)28-20-12-8-17(9-13-20)26-15-21(14-22(26)23(25)27)29-18-4-2-1-3-5-18/h1-13,21-22H,14-15H2,(H2,25,27). The van der Waals surface area contributed by atoms with E-state index in [1.54, 1.807) is 12.1 Å². The Morgan fingerprint density at radius 3 is 2.14 bits per heavy atom. The second-order valence-electron chi connectivity index (χ2n) is 6.91. The van der Waals surface area contributed by atoms with Crippen molar-refractivity contribution >= 4 is 11.6 Å². The Morgan fingerprint density at radius 1 is 0.897 bits per heavy atom. The molecule has 3 aromatic carbocycles. The average Bonchev–Trinajstić information content (AvgIpc) is 3.15. The third-order valence-electron chi connectivity index (χ3n) is 4.85. The number of hydrogen-bond donors (Lipinski definition) is 1. The maximum absolute atomic E-state index is 13.0. The van der Waals surface area contributed by atoms with Crippen LogP contribution in [-0.2, 0) is 4.79 Å². The molecule has 0 radical (unpaired) electrons. The van der Waals surface area contributed by atoms with Crippen LogP contribution in [0.25, 0.3) is 0 Å². The Hall–Kier alpha value is -3.54. The molecule has 4 rings (SSSR count). The molecule has 2 unspecified atom stereocenters. The predicted molar refractivity (Wildman–Crippen MR) is 109 cm³/mol. The van der Waals surface area contributed by atoms with Gasteiger partial charge in [-0.3, -0.25) is 4.79 Å². The fourth-order valence-corrected chi connectivity index (χ4v) is 3.47. The highest BCUT2D eigenvalue weighted by atomic mass is 19.1. The van der Waals surface area contributed by atoms with Crippen LogP contribution in [-0.4, -0.2) is 24.6 Å². The minimum atomic E-state index is -0.437. The van der Waals surface area contributed by atoms with Gasteiger partial charge in [0.1, 0.15) is 35.2 Å². The van der Waals surface area contributed by atoms with Crippen molar-refractivity contribution in [2.45, 2.75) is 18.6 Å². The number of nitrogens with two attached hydrogens (primary N) is 1. The first-order chi connectivity index (χ1) is 14.1. The molecule has 0 aliphatic carbocycles. The van der Waals surface area contributed by atoms with Gasteiger partial charge in [-0.1, -0.05) is 18.2 Å². The van der Waals surface area contributed by atoms with E-state index in [-0.39, 0.29) is 17.8 Å². The van der Waals surface area contributed by atoms with Gasteiger partial charge in [0.15, 0.2) is 0 Å². The molecule has 1 saturated heterocycles. The second kappa shape index (κ2) is 8.22. The molecule has 6 heteroatoms. The molecule has 0 bridgehead atoms. The lowest BCUT2D eigenvalue weighted by molar-refractivity contribution is -0.119. The van der Waals surface area contributed by atoms with Gasteiger partial charge in [0.25, 0.3) is 0 Å². The highest BCUT2D eigenvalue weighted by Crippen LogP contribution is 2.30. The summed E-state index contributed by atoms with van der Waals surface area (Å²) in [4.78, 5) is 13.9. The van der Waals surface area contributed by atoms with Crippen LogP contribution in [0.2, 0.25) is 0 Å². The second-order valence-corrected chi connectivity index (χ2v) is 6.91. The third-order valence-corrected chi connectivity index (χ3v) is 4.85. The van der Waals surface area contributed by atoms with E-state index in [0.29, 0.717) is 24.5 Å². The number of rotatable bonds is 6. The quantitative estimate of drug-likeness (QED) is 0.685. The summed E-state index contributed by atoms with van der Waals surface area (Å²) in [5.41, 5.74) is 6.49. The molecule has 1 fully saturated rings. The summed E-state index contributed by atoms with van der Waals surface area (Å²) in [6.07, 6.45) is 0.392. The number of carbonyl (C=O) groups is 1. The van der Waals surface area contributed by atoms with E-state index < -0.39 is 6.04 Å². The summed E-state index contributed by atoms with van der Waals surface area (Å²) in [7, 11) is 0. The minimum absolute atomic E-state index is 0.134. The number of para-hydroxylation sites is 1. The van der Waals surface area contributed by atoms with Gasteiger partial charge in [-0.15, -0.1) is 0 Å². The van der Waals surface area contributed by atoms with Crippen LogP contribution in [0.5, 0.6) is 17.2 Å². The van der Waals surface area contributed by atoms with Crippen LogP contribution in [0.15, 0.2) is 78.9 Å². The topological polar surface area (TPSA) is 64.8 Å². The Morgan fingerprint density at radius 2 is 1.52 bits per heavy atom. The number of nitrogens with zero attached hydrogens (tertiary/aromatic N) is 1. The van der Waals surface area contributed by atoms with E-state index in [1.165, 1.54) is 12.1 Å². The summed E-state index contributed by atoms with van der Waals surface area (Å²) < 4.78 is 24.8. The fraction of sp³-hybridized carbons (Fsp3) is 0.174. The number of hydrogen-bond acceptors (Lipinski definition) is 4. The molecule has 0 saturated carbocycles. The molecule has 0 aromatic heterocycles. The monoisotopic (exact) mass is 392 g/mol. The maximum atomic E-state index is 13.0. The molecular weight excluding hydrogens is 371 g/mol. The van der Waals surface area contributed by atoms with Crippen molar-refractivity contribution in [3.63, 3.8) is 0 Å². The minimum Gasteiger partial charge on any atom is -0.488 e. The van der Waals surface area contributed by atoms with E-state index in [1.807, 2.05) is 59.5 Å². The van der Waals surface area contributed by atoms with E-state index >= 15 is 0 Å². The Labute approximate surface area is 168 Å². The number of benzene rings is 3. The van der Waals surface area contributed by atoms with Crippen molar-refractivity contribution in [3.8, 4) is 17.2 Å². The summed E-state index contributed by atoms with van der Waals surface area (Å²) in [6, 6.07) is 22.3. The van der Waals surface area contributed by atoms with Crippen LogP contribution in [0.1, 0.15) is 6.42 Å². The van der Waals surface area contributed by atoms with Gasteiger partial charge in [-0.25, -0.2) is 4.39 Å². The predicted octanol–water partition coefficient (Wildman–Crippen LogP) is 4.13. The van der Waals surface area contributed by atoms with E-state index in [0.717, 1.165) is 11.4 Å². The first-order valence-electron chi connectivity index (χ1n) is 9.39. The van der Waals surface area contributed by atoms with E-state index in [4.69, 9.17) is 15.2 Å². The molecule has 1 aliphatic rings. The highest BCUT2D eigenvalue weighted by molar-refractivity contribution is 5.84. The zero-order chi connectivity index (χ0) is 20.2. The first kappa shape index (κ1) is 18.8. The SMILES string of the molecule is NC(=O)C1CC(Oc2ccccc2)CN1c1ccc(Oc2ccc(F)cc2)cc1. The number of carbonyl (C=O) groups excluding carboxylic acids is 1. The van der Waals surface area contributed by atoms with Crippen molar-refractivity contribution in [1.82, 2.24) is 0 Å². The van der Waals surface area contributed by atoms with Crippen LogP contribution >= 0.6 is 0 Å². The Kier molecular flexibility index (Phi) is 5.33. The van der Waals surface area contributed by atoms with Gasteiger partial charge in [0.05, 0.1) is 6.54 Å². The molecular formula is C23H21FN2O3. The van der Waals surface area contributed by atoms with Crippen LogP contribution in [0.3, 0.4) is 0 Å². The molecule has 148 valence electrons. The number of primary amides is 1. The largest absolute Gasteiger partial charge is 0.488 e. The zero-order valence-electron chi connectivity index (χ0n) is 15.7. The van der Waals surface area contributed by atoms with E-state index in [2.05, 4.69) is 0 Å². The molecule has 0 spiro atoms. The van der Waals surface area contributed by atoms with Crippen molar-refractivity contribution < 1.29 is 18.7 Å². The van der Waals surface area contributed by atoms with Gasteiger partial charge < -0.3 is 20.1 Å². The Bertz CT molecular complexity index is 962. The lowest BCUT2D eigenvalue weighted by Gasteiger charge is -2.24. The van der Waals surface area contributed by atoms with Crippen molar-refractivity contribution in [2.75, 3.05) is 11.4 Å². The van der Waals surface area contributed by atoms with Gasteiger partial charge >= 0.3 is 0 Å². The summed E-state index contributed by atoms with van der Waals surface area (Å²) >= 11 is 0. The molecule has 5 nitrogen and oxygen atoms in total. The van der Waals surface area contributed by atoms with Crippen LogP contribution in [0, 0.1) is 5.82 Å². The summed E-state index contributed by atoms with van der Waals surface area (Å²) in [5, 5.41) is 0. The van der Waals surface area contributed by atoms with Gasteiger partial charge in [0, 0.05) is 12.1 Å². The lowest BCUT2D eigenvalue weighted by Crippen LogP contribution is -2.40. The van der Waals surface area contributed by atoms with Crippen molar-refractivity contribution in [2.24, 2.45) is 5.73 Å². The number of ether oxygens (including phenoxy) is 2. The van der Waals surface area contributed by atoms with Gasteiger partial charge in [0.2, 0.25) is 5.91 Å². The van der Waals surface area contributed by atoms with Gasteiger partial charge in [-0.2, -0.15) is 0 Å². The Balaban J connectivity index is 1.46. The summed E-state index contributed by atoms with van der Waals surface area (Å²) in [5.74, 6) is 1.24. The van der Waals surface area contributed by atoms with Crippen LogP contribution < -0.4 is 20.1 Å². The maximum Gasteiger partial charge on any atom is 0.240 e. The molecule has 2 N–H and O–H groups in total. The number of anilines is 1. The first-order valence-corrected chi connectivity index (χ1v) is 9.39. The van der Waals surface area contributed by atoms with Gasteiger partial charge in [-0.05, 0) is 60.7 Å². The third kappa shape index (κ3) is 4.48.